The molecule has 0 fully saturated rings. The minimum atomic E-state index is -0.0164. The molecule has 0 saturated carbocycles. The molecule has 16 heavy (non-hydrogen) atoms. The van der Waals surface area contributed by atoms with Crippen LogP contribution in [0.15, 0.2) is 24.3 Å². The molecule has 3 heteroatoms. The van der Waals surface area contributed by atoms with Crippen LogP contribution in [0.2, 0.25) is 0 Å². The SMILES string of the molecule is Cc1ccc(CN(C(=O)CCl)C(C)C)cc1. The van der Waals surface area contributed by atoms with Gasteiger partial charge in [-0.1, -0.05) is 29.8 Å². The van der Waals surface area contributed by atoms with Gasteiger partial charge in [0.25, 0.3) is 0 Å². The molecule has 0 aliphatic carbocycles. The van der Waals surface area contributed by atoms with Crippen LogP contribution in [-0.4, -0.2) is 22.7 Å². The smallest absolute Gasteiger partial charge is 0.238 e. The summed E-state index contributed by atoms with van der Waals surface area (Å²) in [4.78, 5) is 13.4. The first kappa shape index (κ1) is 13.0. The lowest BCUT2D eigenvalue weighted by Crippen LogP contribution is -2.37. The Hall–Kier alpha value is -1.02. The van der Waals surface area contributed by atoms with Crippen LogP contribution in [0.4, 0.5) is 0 Å². The third-order valence-electron chi connectivity index (χ3n) is 2.53. The number of rotatable bonds is 4. The third-order valence-corrected chi connectivity index (χ3v) is 2.76. The molecule has 88 valence electrons. The predicted molar refractivity (Wildman–Crippen MR) is 67.6 cm³/mol. The number of halogens is 1. The molecule has 0 aliphatic rings. The number of carbonyl (C=O) groups excluding carboxylic acids is 1. The second kappa shape index (κ2) is 5.90. The van der Waals surface area contributed by atoms with E-state index < -0.39 is 0 Å². The van der Waals surface area contributed by atoms with Crippen LogP contribution >= 0.6 is 11.6 Å². The van der Waals surface area contributed by atoms with Crippen LogP contribution < -0.4 is 0 Å². The maximum absolute atomic E-state index is 11.6. The van der Waals surface area contributed by atoms with Crippen molar-refractivity contribution in [1.82, 2.24) is 4.90 Å². The minimum Gasteiger partial charge on any atom is -0.335 e. The van der Waals surface area contributed by atoms with E-state index in [1.165, 1.54) is 5.56 Å². The highest BCUT2D eigenvalue weighted by molar-refractivity contribution is 6.27. The Morgan fingerprint density at radius 1 is 1.31 bits per heavy atom. The lowest BCUT2D eigenvalue weighted by molar-refractivity contribution is -0.130. The van der Waals surface area contributed by atoms with E-state index in [-0.39, 0.29) is 17.8 Å². The summed E-state index contributed by atoms with van der Waals surface area (Å²) in [6.07, 6.45) is 0. The van der Waals surface area contributed by atoms with Crippen LogP contribution in [0.25, 0.3) is 0 Å². The number of benzene rings is 1. The van der Waals surface area contributed by atoms with E-state index in [1.807, 2.05) is 32.9 Å². The Balaban J connectivity index is 2.75. The molecule has 1 amide bonds. The molecular formula is C13H18ClNO. The molecule has 0 aliphatic heterocycles. The Bertz CT molecular complexity index is 345. The second-order valence-corrected chi connectivity index (χ2v) is 4.50. The molecule has 0 radical (unpaired) electrons. The van der Waals surface area contributed by atoms with E-state index in [4.69, 9.17) is 11.6 Å². The molecule has 1 rings (SSSR count). The number of hydrogen-bond donors (Lipinski definition) is 0. The van der Waals surface area contributed by atoms with Gasteiger partial charge < -0.3 is 4.90 Å². The molecule has 0 spiro atoms. The summed E-state index contributed by atoms with van der Waals surface area (Å²) in [6.45, 7) is 6.68. The normalized spacial score (nSPS) is 10.6. The Morgan fingerprint density at radius 3 is 2.31 bits per heavy atom. The van der Waals surface area contributed by atoms with Gasteiger partial charge in [0.1, 0.15) is 5.88 Å². The summed E-state index contributed by atoms with van der Waals surface area (Å²) >= 11 is 5.59. The topological polar surface area (TPSA) is 20.3 Å². The maximum atomic E-state index is 11.6. The molecule has 0 aromatic heterocycles. The average Bonchev–Trinajstić information content (AvgIpc) is 2.27. The molecule has 0 heterocycles. The highest BCUT2D eigenvalue weighted by atomic mass is 35.5. The lowest BCUT2D eigenvalue weighted by atomic mass is 10.1. The number of amides is 1. The van der Waals surface area contributed by atoms with Gasteiger partial charge in [-0.2, -0.15) is 0 Å². The van der Waals surface area contributed by atoms with Gasteiger partial charge in [0.05, 0.1) is 0 Å². The standard InChI is InChI=1S/C13H18ClNO/c1-10(2)15(13(16)8-14)9-12-6-4-11(3)5-7-12/h4-7,10H,8-9H2,1-3H3. The second-order valence-electron chi connectivity index (χ2n) is 4.23. The number of aryl methyl sites for hydroxylation is 1. The van der Waals surface area contributed by atoms with E-state index in [2.05, 4.69) is 12.1 Å². The van der Waals surface area contributed by atoms with E-state index in [0.717, 1.165) is 5.56 Å². The van der Waals surface area contributed by atoms with Crippen LogP contribution in [0.5, 0.6) is 0 Å². The Morgan fingerprint density at radius 2 is 1.88 bits per heavy atom. The van der Waals surface area contributed by atoms with Crippen LogP contribution in [0.1, 0.15) is 25.0 Å². The molecule has 2 nitrogen and oxygen atoms in total. The zero-order valence-corrected chi connectivity index (χ0v) is 10.8. The van der Waals surface area contributed by atoms with Crippen molar-refractivity contribution in [3.63, 3.8) is 0 Å². The molecule has 0 unspecified atom stereocenters. The van der Waals surface area contributed by atoms with Crippen LogP contribution in [0.3, 0.4) is 0 Å². The maximum Gasteiger partial charge on any atom is 0.238 e. The van der Waals surface area contributed by atoms with E-state index >= 15 is 0 Å². The lowest BCUT2D eigenvalue weighted by Gasteiger charge is -2.26. The predicted octanol–water partition coefficient (Wildman–Crippen LogP) is 2.97. The highest BCUT2D eigenvalue weighted by Gasteiger charge is 2.15. The summed E-state index contributed by atoms with van der Waals surface area (Å²) in [5.41, 5.74) is 2.36. The Labute approximate surface area is 102 Å². The summed E-state index contributed by atoms with van der Waals surface area (Å²) < 4.78 is 0. The summed E-state index contributed by atoms with van der Waals surface area (Å²) in [7, 11) is 0. The molecule has 0 atom stereocenters. The Kier molecular flexibility index (Phi) is 4.81. The van der Waals surface area contributed by atoms with Crippen molar-refractivity contribution in [2.45, 2.75) is 33.4 Å². The number of carbonyl (C=O) groups is 1. The average molecular weight is 240 g/mol. The fraction of sp³-hybridized carbons (Fsp3) is 0.462. The van der Waals surface area contributed by atoms with E-state index in [9.17, 15) is 4.79 Å². The molecule has 0 saturated heterocycles. The molecule has 0 N–H and O–H groups in total. The van der Waals surface area contributed by atoms with Crippen molar-refractivity contribution in [3.8, 4) is 0 Å². The fourth-order valence-electron chi connectivity index (χ4n) is 1.53. The monoisotopic (exact) mass is 239 g/mol. The van der Waals surface area contributed by atoms with Crippen molar-refractivity contribution >= 4 is 17.5 Å². The first-order valence-electron chi connectivity index (χ1n) is 5.45. The van der Waals surface area contributed by atoms with Crippen molar-refractivity contribution in [3.05, 3.63) is 35.4 Å². The zero-order valence-electron chi connectivity index (χ0n) is 10.0. The van der Waals surface area contributed by atoms with E-state index in [0.29, 0.717) is 6.54 Å². The van der Waals surface area contributed by atoms with Crippen molar-refractivity contribution < 1.29 is 4.79 Å². The first-order chi connectivity index (χ1) is 7.54. The van der Waals surface area contributed by atoms with Crippen molar-refractivity contribution in [2.75, 3.05) is 5.88 Å². The summed E-state index contributed by atoms with van der Waals surface area (Å²) in [5.74, 6) is 0.0292. The van der Waals surface area contributed by atoms with Gasteiger partial charge in [-0.3, -0.25) is 4.79 Å². The minimum absolute atomic E-state index is 0.0164. The number of alkyl halides is 1. The number of hydrogen-bond acceptors (Lipinski definition) is 1. The van der Waals surface area contributed by atoms with Crippen molar-refractivity contribution in [2.24, 2.45) is 0 Å². The molecule has 1 aromatic carbocycles. The van der Waals surface area contributed by atoms with Gasteiger partial charge in [0.2, 0.25) is 5.91 Å². The van der Waals surface area contributed by atoms with Crippen LogP contribution in [0, 0.1) is 6.92 Å². The van der Waals surface area contributed by atoms with E-state index in [1.54, 1.807) is 4.90 Å². The zero-order chi connectivity index (χ0) is 12.1. The molecular weight excluding hydrogens is 222 g/mol. The van der Waals surface area contributed by atoms with Gasteiger partial charge >= 0.3 is 0 Å². The summed E-state index contributed by atoms with van der Waals surface area (Å²) in [5, 5.41) is 0. The van der Waals surface area contributed by atoms with Gasteiger partial charge in [-0.15, -0.1) is 11.6 Å². The van der Waals surface area contributed by atoms with Gasteiger partial charge in [-0.25, -0.2) is 0 Å². The number of nitrogens with zero attached hydrogens (tertiary/aromatic N) is 1. The van der Waals surface area contributed by atoms with Crippen molar-refractivity contribution in [1.29, 1.82) is 0 Å². The quantitative estimate of drug-likeness (QED) is 0.740. The van der Waals surface area contributed by atoms with Gasteiger partial charge in [0, 0.05) is 12.6 Å². The van der Waals surface area contributed by atoms with Crippen LogP contribution in [-0.2, 0) is 11.3 Å². The third kappa shape index (κ3) is 3.53. The highest BCUT2D eigenvalue weighted by Crippen LogP contribution is 2.10. The largest absolute Gasteiger partial charge is 0.335 e. The first-order valence-corrected chi connectivity index (χ1v) is 5.99. The fourth-order valence-corrected chi connectivity index (χ4v) is 1.68. The molecule has 0 bridgehead atoms. The molecule has 1 aromatic rings. The van der Waals surface area contributed by atoms with Gasteiger partial charge in [-0.05, 0) is 26.3 Å². The van der Waals surface area contributed by atoms with Gasteiger partial charge in [0.15, 0.2) is 0 Å². The summed E-state index contributed by atoms with van der Waals surface area (Å²) in [6, 6.07) is 8.38.